The topological polar surface area (TPSA) is 73.6 Å². The monoisotopic (exact) mass is 515 g/mol. The van der Waals surface area contributed by atoms with E-state index in [0.717, 1.165) is 59.6 Å². The normalized spacial score (nSPS) is 15.1. The number of hydroxylamine groups is 3. The van der Waals surface area contributed by atoms with Crippen LogP contribution in [-0.4, -0.2) is 44.1 Å². The van der Waals surface area contributed by atoms with Crippen LogP contribution in [0.15, 0.2) is 73.3 Å². The lowest BCUT2D eigenvalue weighted by Gasteiger charge is -2.35. The SMILES string of the molecule is C[N+]1(Oc2cccc3ncnc(Nc4ccc(OCc5cn6ccccc6n5)c(Cl)c4)c23)CCCCC1. The lowest BCUT2D eigenvalue weighted by atomic mass is 10.1. The molecule has 1 fully saturated rings. The van der Waals surface area contributed by atoms with Gasteiger partial charge in [0, 0.05) is 30.9 Å². The van der Waals surface area contributed by atoms with E-state index in [1.54, 1.807) is 6.33 Å². The molecule has 0 unspecified atom stereocenters. The van der Waals surface area contributed by atoms with Gasteiger partial charge in [0.1, 0.15) is 50.3 Å². The van der Waals surface area contributed by atoms with E-state index in [-0.39, 0.29) is 0 Å². The molecule has 37 heavy (non-hydrogen) atoms. The van der Waals surface area contributed by atoms with Crippen molar-refractivity contribution in [3.05, 3.63) is 84.0 Å². The quantitative estimate of drug-likeness (QED) is 0.261. The number of halogens is 1. The van der Waals surface area contributed by atoms with Crippen LogP contribution >= 0.6 is 11.6 Å². The molecule has 1 saturated heterocycles. The van der Waals surface area contributed by atoms with E-state index in [1.807, 2.05) is 71.4 Å². The molecule has 1 N–H and O–H groups in total. The molecule has 188 valence electrons. The lowest BCUT2D eigenvalue weighted by Crippen LogP contribution is -2.50. The number of aromatic nitrogens is 4. The fraction of sp³-hybridized carbons (Fsp3) is 0.250. The van der Waals surface area contributed by atoms with E-state index in [4.69, 9.17) is 21.2 Å². The van der Waals surface area contributed by atoms with Crippen LogP contribution in [0.3, 0.4) is 0 Å². The van der Waals surface area contributed by atoms with Gasteiger partial charge >= 0.3 is 0 Å². The molecule has 1 aliphatic rings. The van der Waals surface area contributed by atoms with Crippen LogP contribution in [0.5, 0.6) is 11.5 Å². The molecule has 0 atom stereocenters. The second kappa shape index (κ2) is 9.88. The number of piperidine rings is 1. The van der Waals surface area contributed by atoms with Gasteiger partial charge in [-0.05, 0) is 48.9 Å². The number of quaternary nitrogens is 1. The highest BCUT2D eigenvalue weighted by atomic mass is 35.5. The maximum Gasteiger partial charge on any atom is 0.203 e. The third kappa shape index (κ3) is 5.03. The summed E-state index contributed by atoms with van der Waals surface area (Å²) in [4.78, 5) is 20.1. The van der Waals surface area contributed by atoms with E-state index in [0.29, 0.717) is 27.8 Å². The number of hydrogen-bond donors (Lipinski definition) is 1. The van der Waals surface area contributed by atoms with Crippen molar-refractivity contribution in [1.29, 1.82) is 0 Å². The predicted molar refractivity (Wildman–Crippen MR) is 144 cm³/mol. The Balaban J connectivity index is 1.22. The average molecular weight is 516 g/mol. The van der Waals surface area contributed by atoms with Crippen molar-refractivity contribution in [3.8, 4) is 11.5 Å². The Bertz CT molecular complexity index is 1530. The molecule has 0 saturated carbocycles. The minimum atomic E-state index is 0.322. The zero-order valence-corrected chi connectivity index (χ0v) is 21.4. The number of fused-ring (bicyclic) bond motifs is 2. The smallest absolute Gasteiger partial charge is 0.203 e. The molecule has 8 nitrogen and oxygen atoms in total. The van der Waals surface area contributed by atoms with Crippen LogP contribution in [0.4, 0.5) is 11.5 Å². The Kier molecular flexibility index (Phi) is 6.28. The van der Waals surface area contributed by atoms with Crippen molar-refractivity contribution in [3.63, 3.8) is 0 Å². The van der Waals surface area contributed by atoms with E-state index < -0.39 is 0 Å². The molecule has 1 aliphatic heterocycles. The number of benzene rings is 2. The predicted octanol–water partition coefficient (Wildman–Crippen LogP) is 6.18. The van der Waals surface area contributed by atoms with Gasteiger partial charge in [-0.2, -0.15) is 0 Å². The van der Waals surface area contributed by atoms with E-state index in [1.165, 1.54) is 6.42 Å². The Morgan fingerprint density at radius 3 is 2.73 bits per heavy atom. The van der Waals surface area contributed by atoms with Gasteiger partial charge in [0.05, 0.1) is 21.6 Å². The Hall–Kier alpha value is -3.88. The van der Waals surface area contributed by atoms with Crippen LogP contribution in [0, 0.1) is 0 Å². The summed E-state index contributed by atoms with van der Waals surface area (Å²) in [6, 6.07) is 17.4. The third-order valence-electron chi connectivity index (χ3n) is 6.69. The number of likely N-dealkylation sites (tertiary alicyclic amines) is 1. The van der Waals surface area contributed by atoms with Gasteiger partial charge in [0.2, 0.25) is 5.75 Å². The molecule has 3 aromatic heterocycles. The van der Waals surface area contributed by atoms with Crippen LogP contribution < -0.4 is 14.9 Å². The highest BCUT2D eigenvalue weighted by Gasteiger charge is 2.29. The average Bonchev–Trinajstić information content (AvgIpc) is 3.32. The van der Waals surface area contributed by atoms with Gasteiger partial charge in [-0.15, -0.1) is 4.65 Å². The molecular weight excluding hydrogens is 488 g/mol. The molecular formula is C28H28ClN6O2+. The maximum absolute atomic E-state index is 6.59. The first-order valence-corrected chi connectivity index (χ1v) is 12.8. The zero-order chi connectivity index (χ0) is 25.2. The summed E-state index contributed by atoms with van der Waals surface area (Å²) in [5, 5.41) is 4.74. The second-order valence-electron chi connectivity index (χ2n) is 9.53. The molecule has 0 aliphatic carbocycles. The first-order valence-electron chi connectivity index (χ1n) is 12.5. The van der Waals surface area contributed by atoms with Crippen molar-refractivity contribution < 1.29 is 14.2 Å². The summed E-state index contributed by atoms with van der Waals surface area (Å²) in [6.45, 7) is 2.29. The van der Waals surface area contributed by atoms with Crippen molar-refractivity contribution in [2.45, 2.75) is 25.9 Å². The van der Waals surface area contributed by atoms with Gasteiger partial charge in [-0.3, -0.25) is 0 Å². The van der Waals surface area contributed by atoms with Crippen molar-refractivity contribution >= 4 is 39.7 Å². The number of pyridine rings is 1. The van der Waals surface area contributed by atoms with Gasteiger partial charge in [-0.25, -0.2) is 15.0 Å². The van der Waals surface area contributed by atoms with E-state index in [2.05, 4.69) is 27.3 Å². The standard InChI is InChI=1S/C28H28ClN6O2/c1-35(14-5-2-6-15-35)37-25-9-7-8-23-27(25)28(31-19-30-23)33-20-11-12-24(22(29)16-20)36-18-21-17-34-13-4-3-10-26(34)32-21/h3-4,7-13,16-17,19H,2,5-6,14-15,18H2,1H3,(H,30,31,33)/q+1. The van der Waals surface area contributed by atoms with Gasteiger partial charge < -0.3 is 19.3 Å². The molecule has 6 rings (SSSR count). The maximum atomic E-state index is 6.59. The molecule has 0 bridgehead atoms. The van der Waals surface area contributed by atoms with Gasteiger partial charge in [-0.1, -0.05) is 23.7 Å². The summed E-state index contributed by atoms with van der Waals surface area (Å²) < 4.78 is 8.48. The molecule has 0 radical (unpaired) electrons. The number of rotatable bonds is 7. The molecule has 2 aromatic carbocycles. The van der Waals surface area contributed by atoms with Crippen molar-refractivity contribution in [2.24, 2.45) is 0 Å². The third-order valence-corrected chi connectivity index (χ3v) is 6.99. The number of anilines is 2. The summed E-state index contributed by atoms with van der Waals surface area (Å²) in [5.41, 5.74) is 3.31. The van der Waals surface area contributed by atoms with Crippen molar-refractivity contribution in [1.82, 2.24) is 19.4 Å². The summed E-state index contributed by atoms with van der Waals surface area (Å²) >= 11 is 6.59. The molecule has 9 heteroatoms. The molecule has 5 aromatic rings. The zero-order valence-electron chi connectivity index (χ0n) is 20.6. The largest absolute Gasteiger partial charge is 0.486 e. The fourth-order valence-corrected chi connectivity index (χ4v) is 5.04. The van der Waals surface area contributed by atoms with E-state index >= 15 is 0 Å². The van der Waals surface area contributed by atoms with Gasteiger partial charge in [0.15, 0.2) is 0 Å². The highest BCUT2D eigenvalue weighted by molar-refractivity contribution is 6.32. The minimum absolute atomic E-state index is 0.322. The second-order valence-corrected chi connectivity index (χ2v) is 9.93. The van der Waals surface area contributed by atoms with Crippen LogP contribution in [0.1, 0.15) is 25.0 Å². The molecule has 0 amide bonds. The summed E-state index contributed by atoms with van der Waals surface area (Å²) in [5.74, 6) is 2.02. The summed E-state index contributed by atoms with van der Waals surface area (Å²) in [6.07, 6.45) is 9.04. The number of nitrogens with zero attached hydrogens (tertiary/aromatic N) is 5. The molecule has 0 spiro atoms. The number of nitrogens with one attached hydrogen (secondary N) is 1. The number of hydrogen-bond acceptors (Lipinski definition) is 6. The van der Waals surface area contributed by atoms with Crippen molar-refractivity contribution in [2.75, 3.05) is 25.5 Å². The molecule has 4 heterocycles. The van der Waals surface area contributed by atoms with Crippen LogP contribution in [0.2, 0.25) is 5.02 Å². The number of imidazole rings is 1. The first kappa shape index (κ1) is 23.5. The Morgan fingerprint density at radius 2 is 1.89 bits per heavy atom. The van der Waals surface area contributed by atoms with Crippen LogP contribution in [0.25, 0.3) is 16.6 Å². The van der Waals surface area contributed by atoms with E-state index in [9.17, 15) is 0 Å². The van der Waals surface area contributed by atoms with Gasteiger partial charge in [0.25, 0.3) is 0 Å². The minimum Gasteiger partial charge on any atom is -0.486 e. The highest BCUT2D eigenvalue weighted by Crippen LogP contribution is 2.35. The Morgan fingerprint density at radius 1 is 1.00 bits per heavy atom. The fourth-order valence-electron chi connectivity index (χ4n) is 4.80. The Labute approximate surface area is 220 Å². The van der Waals surface area contributed by atoms with Crippen LogP contribution in [-0.2, 0) is 6.61 Å². The summed E-state index contributed by atoms with van der Waals surface area (Å²) in [7, 11) is 2.14. The lowest BCUT2D eigenvalue weighted by molar-refractivity contribution is -1.07. The first-order chi connectivity index (χ1) is 18.1. The number of ether oxygens (including phenoxy) is 1.